The smallest absolute Gasteiger partial charge is 0.315 e. The number of nitrogens with zero attached hydrogens (tertiary/aromatic N) is 1. The topological polar surface area (TPSA) is 154 Å². The number of hydrogen-bond donors (Lipinski definition) is 4. The molecule has 4 aliphatic carbocycles. The minimum Gasteiger partial charge on any atom is -0.346 e. The predicted octanol–water partition coefficient (Wildman–Crippen LogP) is 3.08. The van der Waals surface area contributed by atoms with E-state index in [0.717, 1.165) is 50.5 Å². The molecule has 5 amide bonds. The third-order valence-electron chi connectivity index (χ3n) is 11.6. The Morgan fingerprint density at radius 3 is 2.37 bits per heavy atom. The molecule has 5 fully saturated rings. The van der Waals surface area contributed by atoms with Crippen molar-refractivity contribution >= 4 is 40.3 Å². The van der Waals surface area contributed by atoms with Crippen LogP contribution < -0.4 is 21.3 Å². The van der Waals surface area contributed by atoms with E-state index in [9.17, 15) is 28.2 Å². The largest absolute Gasteiger partial charge is 0.346 e. The van der Waals surface area contributed by atoms with E-state index in [4.69, 9.17) is 0 Å². The Balaban J connectivity index is 1.17. The molecule has 4 N–H and O–H groups in total. The van der Waals surface area contributed by atoms with Gasteiger partial charge in [0.15, 0.2) is 0 Å². The molecule has 49 heavy (non-hydrogen) atoms. The molecule has 6 atom stereocenters. The molecule has 266 valence electrons. The lowest BCUT2D eigenvalue weighted by atomic mass is 9.83. The molecule has 1 spiro atoms. The first-order valence-corrected chi connectivity index (χ1v) is 19.1. The fourth-order valence-corrected chi connectivity index (χ4v) is 10.0. The number of rotatable bonds is 14. The van der Waals surface area contributed by atoms with Gasteiger partial charge >= 0.3 is 6.03 Å². The summed E-state index contributed by atoms with van der Waals surface area (Å²) in [4.78, 5) is 69.1. The van der Waals surface area contributed by atoms with Crippen molar-refractivity contribution in [1.29, 1.82) is 0 Å². The van der Waals surface area contributed by atoms with Crippen LogP contribution in [0.1, 0.15) is 90.0 Å². The van der Waals surface area contributed by atoms with Crippen molar-refractivity contribution in [2.75, 3.05) is 25.4 Å². The second-order valence-electron chi connectivity index (χ2n) is 15.9. The SMILES string of the molecule is C=CCNC(=O)C(=O)C(CC1CC1)NC(=O)C12C[C@]13C(CN2C(=O)CNC(=O)NC1(CS(=O)C(C)(C)C)CCCCC1)[C@@H]3c1ccccc1. The number of hydrogen-bond acceptors (Lipinski definition) is 6. The first kappa shape index (κ1) is 35.3. The minimum absolute atomic E-state index is 0.0739. The average molecular weight is 694 g/mol. The lowest BCUT2D eigenvalue weighted by Gasteiger charge is -2.39. The second-order valence-corrected chi connectivity index (χ2v) is 18.1. The van der Waals surface area contributed by atoms with Crippen molar-refractivity contribution in [1.82, 2.24) is 26.2 Å². The summed E-state index contributed by atoms with van der Waals surface area (Å²) in [5.74, 6) is -1.46. The first-order valence-electron chi connectivity index (χ1n) is 17.8. The maximum Gasteiger partial charge on any atom is 0.315 e. The van der Waals surface area contributed by atoms with Crippen LogP contribution in [0.25, 0.3) is 0 Å². The highest BCUT2D eigenvalue weighted by Gasteiger charge is 2.94. The summed E-state index contributed by atoms with van der Waals surface area (Å²) in [6.45, 7) is 9.58. The van der Waals surface area contributed by atoms with Gasteiger partial charge in [-0.05, 0) is 69.8 Å². The summed E-state index contributed by atoms with van der Waals surface area (Å²) < 4.78 is 12.7. The highest BCUT2D eigenvalue weighted by molar-refractivity contribution is 7.86. The van der Waals surface area contributed by atoms with E-state index in [2.05, 4.69) is 27.8 Å². The summed E-state index contributed by atoms with van der Waals surface area (Å²) in [6, 6.07) is 8.51. The Morgan fingerprint density at radius 2 is 1.73 bits per heavy atom. The van der Waals surface area contributed by atoms with Crippen LogP contribution in [0.5, 0.6) is 0 Å². The second kappa shape index (κ2) is 13.3. The lowest BCUT2D eigenvalue weighted by molar-refractivity contribution is -0.144. The van der Waals surface area contributed by atoms with E-state index in [1.807, 2.05) is 51.1 Å². The number of amides is 5. The van der Waals surface area contributed by atoms with Crippen molar-refractivity contribution in [2.45, 2.75) is 106 Å². The van der Waals surface area contributed by atoms with E-state index in [-0.39, 0.29) is 36.8 Å². The van der Waals surface area contributed by atoms with Gasteiger partial charge in [-0.15, -0.1) is 6.58 Å². The van der Waals surface area contributed by atoms with E-state index in [0.29, 0.717) is 25.1 Å². The summed E-state index contributed by atoms with van der Waals surface area (Å²) in [6.07, 6.45) is 8.56. The predicted molar refractivity (Wildman–Crippen MR) is 187 cm³/mol. The van der Waals surface area contributed by atoms with E-state index < -0.39 is 61.7 Å². The highest BCUT2D eigenvalue weighted by atomic mass is 32.2. The molecule has 4 saturated carbocycles. The summed E-state index contributed by atoms with van der Waals surface area (Å²) in [5, 5.41) is 11.3. The molecule has 1 saturated heterocycles. The number of ketones is 1. The maximum atomic E-state index is 14.4. The van der Waals surface area contributed by atoms with Crippen molar-refractivity contribution in [2.24, 2.45) is 17.3 Å². The van der Waals surface area contributed by atoms with Crippen molar-refractivity contribution < 1.29 is 28.2 Å². The van der Waals surface area contributed by atoms with Crippen LogP contribution in [-0.2, 0) is 30.0 Å². The Hall–Kier alpha value is -3.54. The van der Waals surface area contributed by atoms with Crippen LogP contribution in [0.3, 0.4) is 0 Å². The molecule has 11 nitrogen and oxygen atoms in total. The molecular weight excluding hydrogens is 643 g/mol. The minimum atomic E-state index is -1.17. The number of benzene rings is 1. The molecule has 1 aliphatic heterocycles. The van der Waals surface area contributed by atoms with Crippen LogP contribution in [0, 0.1) is 17.3 Å². The number of nitrogens with one attached hydrogen (secondary N) is 4. The molecule has 0 radical (unpaired) electrons. The van der Waals surface area contributed by atoms with Crippen LogP contribution in [0.15, 0.2) is 43.0 Å². The van der Waals surface area contributed by atoms with Gasteiger partial charge in [0, 0.05) is 39.8 Å². The molecule has 0 aromatic heterocycles. The van der Waals surface area contributed by atoms with Crippen molar-refractivity contribution in [3.05, 3.63) is 48.6 Å². The number of likely N-dealkylation sites (tertiary alicyclic amines) is 1. The normalized spacial score (nSPS) is 28.9. The molecule has 1 aromatic rings. The molecule has 5 aliphatic rings. The monoisotopic (exact) mass is 693 g/mol. The quantitative estimate of drug-likeness (QED) is 0.174. The zero-order chi connectivity index (χ0) is 35.2. The Labute approximate surface area is 291 Å². The van der Waals surface area contributed by atoms with Gasteiger partial charge in [-0.1, -0.05) is 68.5 Å². The molecular formula is C37H51N5O6S. The van der Waals surface area contributed by atoms with E-state index in [1.165, 1.54) is 6.08 Å². The Kier molecular flexibility index (Phi) is 9.58. The van der Waals surface area contributed by atoms with Crippen LogP contribution in [-0.4, -0.2) is 85.9 Å². The molecule has 4 unspecified atom stereocenters. The number of carbonyl (C=O) groups excluding carboxylic acids is 5. The molecule has 1 heterocycles. The first-order chi connectivity index (χ1) is 23.3. The average Bonchev–Trinajstić information content (AvgIpc) is 4.02. The number of piperidine rings is 2. The van der Waals surface area contributed by atoms with Crippen LogP contribution >= 0.6 is 0 Å². The summed E-state index contributed by atoms with van der Waals surface area (Å²) in [5.41, 5.74) is -1.10. The number of Topliss-reactive ketones (excluding diaryl/α,β-unsaturated/α-hetero) is 1. The Bertz CT molecular complexity index is 1530. The molecule has 0 bridgehead atoms. The van der Waals surface area contributed by atoms with Gasteiger partial charge in [-0.2, -0.15) is 0 Å². The number of urea groups is 1. The van der Waals surface area contributed by atoms with E-state index in [1.54, 1.807) is 4.90 Å². The van der Waals surface area contributed by atoms with Gasteiger partial charge < -0.3 is 26.2 Å². The highest BCUT2D eigenvalue weighted by Crippen LogP contribution is 2.89. The molecule has 6 rings (SSSR count). The zero-order valence-electron chi connectivity index (χ0n) is 29.0. The van der Waals surface area contributed by atoms with E-state index >= 15 is 0 Å². The lowest BCUT2D eigenvalue weighted by Crippen LogP contribution is -2.60. The van der Waals surface area contributed by atoms with Crippen molar-refractivity contribution in [3.63, 3.8) is 0 Å². The maximum absolute atomic E-state index is 14.4. The third kappa shape index (κ3) is 6.69. The zero-order valence-corrected chi connectivity index (χ0v) is 29.8. The van der Waals surface area contributed by atoms with Gasteiger partial charge in [0.2, 0.25) is 17.6 Å². The van der Waals surface area contributed by atoms with Gasteiger partial charge in [0.25, 0.3) is 5.91 Å². The Morgan fingerprint density at radius 1 is 1.04 bits per heavy atom. The van der Waals surface area contributed by atoms with Crippen LogP contribution in [0.2, 0.25) is 0 Å². The van der Waals surface area contributed by atoms with Gasteiger partial charge in [0.1, 0.15) is 5.54 Å². The standard InChI is InChI=1S/C37H51N5O6S/c1-5-18-38-31(45)30(44)27(19-24-14-15-24)40-32(46)37-22-36(37)26(29(36)25-12-8-6-9-13-25)21-42(37)28(43)20-39-33(47)41-35(16-10-7-11-17-35)23-49(48)34(2,3)4/h5-6,8-9,12-13,24,26-27,29H,1,7,10-11,14-23H2,2-4H3,(H,38,45)(H,40,46)(H2,39,41,47)/t26?,27?,29-,36+,37?,49?/m0/s1. The van der Waals surface area contributed by atoms with Crippen molar-refractivity contribution in [3.8, 4) is 0 Å². The third-order valence-corrected chi connectivity index (χ3v) is 13.8. The van der Waals surface area contributed by atoms with Gasteiger partial charge in [0.05, 0.1) is 18.1 Å². The molecule has 12 heteroatoms. The van der Waals surface area contributed by atoms with Gasteiger partial charge in [-0.25, -0.2) is 4.79 Å². The molecule has 1 aromatic carbocycles. The van der Waals surface area contributed by atoms with Crippen LogP contribution in [0.4, 0.5) is 4.79 Å². The fourth-order valence-electron chi connectivity index (χ4n) is 8.73. The summed E-state index contributed by atoms with van der Waals surface area (Å²) in [7, 11) is -1.16. The summed E-state index contributed by atoms with van der Waals surface area (Å²) >= 11 is 0. The van der Waals surface area contributed by atoms with Gasteiger partial charge in [-0.3, -0.25) is 23.4 Å². The number of carbonyl (C=O) groups is 5. The fraction of sp³-hybridized carbons (Fsp3) is 0.649.